The fourth-order valence-electron chi connectivity index (χ4n) is 2.11. The van der Waals surface area contributed by atoms with Gasteiger partial charge in [0, 0.05) is 30.4 Å². The maximum atomic E-state index is 12.4. The van der Waals surface area contributed by atoms with Crippen LogP contribution in [0.5, 0.6) is 5.75 Å². The van der Waals surface area contributed by atoms with E-state index in [2.05, 4.69) is 10.9 Å². The van der Waals surface area contributed by atoms with Gasteiger partial charge < -0.3 is 9.64 Å². The molecule has 138 valence electrons. The van der Waals surface area contributed by atoms with Gasteiger partial charge in [-0.25, -0.2) is 0 Å². The smallest absolute Gasteiger partial charge is 0.281 e. The number of nitrogens with zero attached hydrogens (tertiary/aromatic N) is 1. The van der Waals surface area contributed by atoms with Gasteiger partial charge in [-0.15, -0.1) is 0 Å². The molecule has 0 aliphatic carbocycles. The predicted molar refractivity (Wildman–Crippen MR) is 103 cm³/mol. The summed E-state index contributed by atoms with van der Waals surface area (Å²) in [4.78, 5) is 26.5. The van der Waals surface area contributed by atoms with Crippen LogP contribution in [0.4, 0.5) is 5.69 Å². The number of rotatable bonds is 5. The summed E-state index contributed by atoms with van der Waals surface area (Å²) >= 11 is 5.83. The molecular formula is C19H22ClN3O3. The Balaban J connectivity index is 1.97. The summed E-state index contributed by atoms with van der Waals surface area (Å²) in [6.45, 7) is 3.21. The summed E-state index contributed by atoms with van der Waals surface area (Å²) in [7, 11) is 3.77. The Morgan fingerprint density at radius 3 is 2.31 bits per heavy atom. The number of carbonyl (C=O) groups excluding carboxylic acids is 2. The van der Waals surface area contributed by atoms with Crippen LogP contribution in [0.1, 0.15) is 24.2 Å². The standard InChI is InChI=1S/C19H22ClN3O3/c1-19(2,26-16-10-8-14(20)9-11-16)18(25)22-21-17(24)13-6-5-7-15(12-13)23(3)4/h5-12H,1-4H3,(H,21,24)(H,22,25). The van der Waals surface area contributed by atoms with Gasteiger partial charge >= 0.3 is 0 Å². The highest BCUT2D eigenvalue weighted by Gasteiger charge is 2.30. The highest BCUT2D eigenvalue weighted by molar-refractivity contribution is 6.30. The molecule has 0 bridgehead atoms. The van der Waals surface area contributed by atoms with Gasteiger partial charge in [0.1, 0.15) is 5.75 Å². The Hall–Kier alpha value is -2.73. The van der Waals surface area contributed by atoms with Crippen molar-refractivity contribution in [2.75, 3.05) is 19.0 Å². The van der Waals surface area contributed by atoms with E-state index in [9.17, 15) is 9.59 Å². The lowest BCUT2D eigenvalue weighted by Crippen LogP contribution is -2.53. The number of hydrogen-bond donors (Lipinski definition) is 2. The van der Waals surface area contributed by atoms with E-state index in [4.69, 9.17) is 16.3 Å². The van der Waals surface area contributed by atoms with Gasteiger partial charge in [-0.1, -0.05) is 17.7 Å². The minimum absolute atomic E-state index is 0.413. The zero-order valence-electron chi connectivity index (χ0n) is 15.2. The molecule has 0 aromatic heterocycles. The number of anilines is 1. The maximum Gasteiger partial charge on any atom is 0.281 e. The third kappa shape index (κ3) is 5.13. The zero-order chi connectivity index (χ0) is 19.3. The Morgan fingerprint density at radius 1 is 1.04 bits per heavy atom. The second-order valence-corrected chi connectivity index (χ2v) is 6.86. The largest absolute Gasteiger partial charge is 0.478 e. The Labute approximate surface area is 158 Å². The molecule has 2 rings (SSSR count). The van der Waals surface area contributed by atoms with E-state index in [0.717, 1.165) is 5.69 Å². The Bertz CT molecular complexity index is 789. The van der Waals surface area contributed by atoms with E-state index in [0.29, 0.717) is 16.3 Å². The van der Waals surface area contributed by atoms with E-state index in [1.165, 1.54) is 0 Å². The van der Waals surface area contributed by atoms with Crippen molar-refractivity contribution in [1.29, 1.82) is 0 Å². The van der Waals surface area contributed by atoms with Crippen molar-refractivity contribution in [3.05, 3.63) is 59.1 Å². The van der Waals surface area contributed by atoms with Crippen LogP contribution in [-0.2, 0) is 4.79 Å². The fraction of sp³-hybridized carbons (Fsp3) is 0.263. The van der Waals surface area contributed by atoms with Gasteiger partial charge in [-0.05, 0) is 56.3 Å². The van der Waals surface area contributed by atoms with E-state index in [1.807, 2.05) is 25.1 Å². The predicted octanol–water partition coefficient (Wildman–Crippen LogP) is 3.02. The molecular weight excluding hydrogens is 354 g/mol. The number of nitrogens with one attached hydrogen (secondary N) is 2. The fourth-order valence-corrected chi connectivity index (χ4v) is 2.23. The minimum atomic E-state index is -1.19. The number of ether oxygens (including phenoxy) is 1. The molecule has 0 saturated carbocycles. The van der Waals surface area contributed by atoms with Crippen LogP contribution in [0.3, 0.4) is 0 Å². The summed E-state index contributed by atoms with van der Waals surface area (Å²) in [5, 5.41) is 0.576. The summed E-state index contributed by atoms with van der Waals surface area (Å²) in [6, 6.07) is 13.7. The molecule has 0 aliphatic heterocycles. The van der Waals surface area contributed by atoms with Crippen molar-refractivity contribution in [3.8, 4) is 5.75 Å². The molecule has 7 heteroatoms. The third-order valence-electron chi connectivity index (χ3n) is 3.65. The zero-order valence-corrected chi connectivity index (χ0v) is 15.9. The van der Waals surface area contributed by atoms with Gasteiger partial charge in [0.05, 0.1) is 0 Å². The normalized spacial score (nSPS) is 10.8. The first kappa shape index (κ1) is 19.6. The lowest BCUT2D eigenvalue weighted by molar-refractivity contribution is -0.135. The van der Waals surface area contributed by atoms with Crippen LogP contribution in [0.2, 0.25) is 5.02 Å². The Kier molecular flexibility index (Phi) is 6.10. The van der Waals surface area contributed by atoms with Gasteiger partial charge in [0.25, 0.3) is 11.8 Å². The molecule has 0 atom stereocenters. The molecule has 26 heavy (non-hydrogen) atoms. The molecule has 0 heterocycles. The van der Waals surface area contributed by atoms with E-state index in [1.54, 1.807) is 56.3 Å². The average molecular weight is 376 g/mol. The lowest BCUT2D eigenvalue weighted by atomic mass is 10.1. The van der Waals surface area contributed by atoms with E-state index >= 15 is 0 Å². The highest BCUT2D eigenvalue weighted by atomic mass is 35.5. The van der Waals surface area contributed by atoms with Gasteiger partial charge in [-0.3, -0.25) is 20.4 Å². The molecule has 0 fully saturated rings. The average Bonchev–Trinajstić information content (AvgIpc) is 2.61. The number of benzene rings is 2. The molecule has 2 aromatic rings. The first-order chi connectivity index (χ1) is 12.2. The second-order valence-electron chi connectivity index (χ2n) is 6.42. The van der Waals surface area contributed by atoms with Crippen LogP contribution in [0, 0.1) is 0 Å². The topological polar surface area (TPSA) is 70.7 Å². The lowest BCUT2D eigenvalue weighted by Gasteiger charge is -2.25. The van der Waals surface area contributed by atoms with Crippen LogP contribution in [0.25, 0.3) is 0 Å². The van der Waals surface area contributed by atoms with Crippen LogP contribution in [-0.4, -0.2) is 31.5 Å². The van der Waals surface area contributed by atoms with E-state index < -0.39 is 17.4 Å². The maximum absolute atomic E-state index is 12.4. The summed E-state index contributed by atoms with van der Waals surface area (Å²) in [5.74, 6) is -0.395. The van der Waals surface area contributed by atoms with Crippen molar-refractivity contribution in [1.82, 2.24) is 10.9 Å². The van der Waals surface area contributed by atoms with Crippen molar-refractivity contribution >= 4 is 29.1 Å². The molecule has 6 nitrogen and oxygen atoms in total. The molecule has 0 unspecified atom stereocenters. The summed E-state index contributed by atoms with van der Waals surface area (Å²) < 4.78 is 5.68. The molecule has 0 spiro atoms. The van der Waals surface area contributed by atoms with Crippen molar-refractivity contribution < 1.29 is 14.3 Å². The van der Waals surface area contributed by atoms with E-state index in [-0.39, 0.29) is 0 Å². The van der Waals surface area contributed by atoms with Crippen molar-refractivity contribution in [2.45, 2.75) is 19.4 Å². The number of amides is 2. The SMILES string of the molecule is CN(C)c1cccc(C(=O)NNC(=O)C(C)(C)Oc2ccc(Cl)cc2)c1. The molecule has 2 amide bonds. The molecule has 0 saturated heterocycles. The molecule has 2 aromatic carbocycles. The van der Waals surface area contributed by atoms with Gasteiger partial charge in [0.15, 0.2) is 5.60 Å². The van der Waals surface area contributed by atoms with Crippen molar-refractivity contribution in [2.24, 2.45) is 0 Å². The number of hydrogen-bond acceptors (Lipinski definition) is 4. The van der Waals surface area contributed by atoms with Crippen LogP contribution in [0.15, 0.2) is 48.5 Å². The van der Waals surface area contributed by atoms with Gasteiger partial charge in [-0.2, -0.15) is 0 Å². The Morgan fingerprint density at radius 2 is 1.69 bits per heavy atom. The first-order valence-electron chi connectivity index (χ1n) is 8.02. The van der Waals surface area contributed by atoms with Crippen LogP contribution >= 0.6 is 11.6 Å². The third-order valence-corrected chi connectivity index (χ3v) is 3.90. The number of hydrazine groups is 1. The minimum Gasteiger partial charge on any atom is -0.478 e. The number of halogens is 1. The van der Waals surface area contributed by atoms with Crippen molar-refractivity contribution in [3.63, 3.8) is 0 Å². The summed E-state index contributed by atoms with van der Waals surface area (Å²) in [5.41, 5.74) is 4.94. The second kappa shape index (κ2) is 8.10. The summed E-state index contributed by atoms with van der Waals surface area (Å²) in [6.07, 6.45) is 0. The van der Waals surface area contributed by atoms with Crippen LogP contribution < -0.4 is 20.5 Å². The molecule has 0 aliphatic rings. The molecule has 0 radical (unpaired) electrons. The molecule has 2 N–H and O–H groups in total. The monoisotopic (exact) mass is 375 g/mol. The number of carbonyl (C=O) groups is 2. The highest BCUT2D eigenvalue weighted by Crippen LogP contribution is 2.21. The quantitative estimate of drug-likeness (QED) is 0.788. The van der Waals surface area contributed by atoms with Gasteiger partial charge in [0.2, 0.25) is 0 Å². The first-order valence-corrected chi connectivity index (χ1v) is 8.39.